The van der Waals surface area contributed by atoms with E-state index in [0.29, 0.717) is 12.3 Å². The lowest BCUT2D eigenvalue weighted by Gasteiger charge is -2.10. The molecule has 0 saturated heterocycles. The zero-order valence-electron chi connectivity index (χ0n) is 9.34. The fourth-order valence-electron chi connectivity index (χ4n) is 1.55. The second-order valence-electron chi connectivity index (χ2n) is 3.68. The van der Waals surface area contributed by atoms with Gasteiger partial charge in [0.25, 0.3) is 0 Å². The molecule has 1 atom stereocenters. The lowest BCUT2D eigenvalue weighted by Crippen LogP contribution is -2.18. The number of thiophene rings is 1. The Morgan fingerprint density at radius 2 is 2.41 bits per heavy atom. The van der Waals surface area contributed by atoms with Crippen LogP contribution in [-0.4, -0.2) is 11.1 Å². The van der Waals surface area contributed by atoms with Crippen LogP contribution >= 0.6 is 11.3 Å². The molecule has 0 spiro atoms. The maximum Gasteiger partial charge on any atom is 0.339 e. The molecule has 0 saturated carbocycles. The fourth-order valence-corrected chi connectivity index (χ4v) is 2.31. The molecule has 0 unspecified atom stereocenters. The van der Waals surface area contributed by atoms with Gasteiger partial charge in [-0.05, 0) is 24.4 Å². The summed E-state index contributed by atoms with van der Waals surface area (Å²) in [6.45, 7) is 2.45. The minimum absolute atomic E-state index is 0.182. The number of aromatic carboxylic acids is 1. The summed E-state index contributed by atoms with van der Waals surface area (Å²) in [5.74, 6) is -0.500. The molecular formula is C12H13NO3S. The molecule has 0 aliphatic carbocycles. The molecule has 4 nitrogen and oxygen atoms in total. The molecule has 2 aromatic heterocycles. The Morgan fingerprint density at radius 3 is 3.06 bits per heavy atom. The second kappa shape index (κ2) is 5.16. The predicted octanol–water partition coefficient (Wildman–Crippen LogP) is 2.89. The van der Waals surface area contributed by atoms with E-state index in [1.807, 2.05) is 24.4 Å². The van der Waals surface area contributed by atoms with Crippen molar-refractivity contribution in [1.29, 1.82) is 0 Å². The molecule has 0 aliphatic rings. The largest absolute Gasteiger partial charge is 0.478 e. The van der Waals surface area contributed by atoms with Crippen molar-refractivity contribution in [3.63, 3.8) is 0 Å². The number of nitrogens with one attached hydrogen (secondary N) is 1. The van der Waals surface area contributed by atoms with Gasteiger partial charge in [-0.15, -0.1) is 11.3 Å². The van der Waals surface area contributed by atoms with Crippen LogP contribution < -0.4 is 5.32 Å². The average Bonchev–Trinajstić information content (AvgIpc) is 2.96. The smallest absolute Gasteiger partial charge is 0.339 e. The molecule has 2 N–H and O–H groups in total. The highest BCUT2D eigenvalue weighted by molar-refractivity contribution is 7.10. The molecule has 0 aromatic carbocycles. The summed E-state index contributed by atoms with van der Waals surface area (Å²) in [7, 11) is 0. The van der Waals surface area contributed by atoms with Crippen LogP contribution in [0.15, 0.2) is 34.3 Å². The fraction of sp³-hybridized carbons (Fsp3) is 0.250. The molecule has 2 heterocycles. The van der Waals surface area contributed by atoms with Gasteiger partial charge in [-0.1, -0.05) is 6.07 Å². The molecule has 17 heavy (non-hydrogen) atoms. The third-order valence-corrected chi connectivity index (χ3v) is 3.57. The Labute approximate surface area is 103 Å². The minimum atomic E-state index is -0.959. The Morgan fingerprint density at radius 1 is 1.59 bits per heavy atom. The zero-order valence-corrected chi connectivity index (χ0v) is 10.2. The van der Waals surface area contributed by atoms with Gasteiger partial charge in [0.05, 0.1) is 12.8 Å². The molecule has 0 fully saturated rings. The number of hydrogen-bond donors (Lipinski definition) is 2. The van der Waals surface area contributed by atoms with E-state index in [1.165, 1.54) is 17.2 Å². The lowest BCUT2D eigenvalue weighted by atomic mass is 10.2. The first-order valence-corrected chi connectivity index (χ1v) is 6.13. The molecule has 5 heteroatoms. The van der Waals surface area contributed by atoms with Crippen molar-refractivity contribution in [2.75, 3.05) is 0 Å². The van der Waals surface area contributed by atoms with Crippen LogP contribution in [0.25, 0.3) is 0 Å². The van der Waals surface area contributed by atoms with Crippen molar-refractivity contribution < 1.29 is 14.3 Å². The first-order chi connectivity index (χ1) is 8.18. The van der Waals surface area contributed by atoms with Gasteiger partial charge in [0.1, 0.15) is 11.3 Å². The number of rotatable bonds is 5. The summed E-state index contributed by atoms with van der Waals surface area (Å²) in [5.41, 5.74) is 0.218. The maximum atomic E-state index is 10.9. The molecule has 2 aromatic rings. The van der Waals surface area contributed by atoms with Crippen LogP contribution in [-0.2, 0) is 6.54 Å². The second-order valence-corrected chi connectivity index (χ2v) is 4.66. The standard InChI is InChI=1S/C12H13NO3S/c1-8(11-3-2-6-17-11)13-7-10-9(12(14)15)4-5-16-10/h2-6,8,13H,7H2,1H3,(H,14,15)/t8-/m1/s1. The molecule has 90 valence electrons. The highest BCUT2D eigenvalue weighted by Gasteiger charge is 2.14. The van der Waals surface area contributed by atoms with E-state index in [9.17, 15) is 4.79 Å². The van der Waals surface area contributed by atoms with Crippen molar-refractivity contribution in [3.8, 4) is 0 Å². The van der Waals surface area contributed by atoms with E-state index >= 15 is 0 Å². The molecular weight excluding hydrogens is 238 g/mol. The first-order valence-electron chi connectivity index (χ1n) is 5.25. The van der Waals surface area contributed by atoms with Crippen LogP contribution in [0.3, 0.4) is 0 Å². The predicted molar refractivity (Wildman–Crippen MR) is 65.2 cm³/mol. The quantitative estimate of drug-likeness (QED) is 0.857. The van der Waals surface area contributed by atoms with Crippen molar-refractivity contribution >= 4 is 17.3 Å². The van der Waals surface area contributed by atoms with E-state index < -0.39 is 5.97 Å². The van der Waals surface area contributed by atoms with E-state index in [0.717, 1.165) is 0 Å². The summed E-state index contributed by atoms with van der Waals surface area (Å²) in [6.07, 6.45) is 1.40. The molecule has 0 radical (unpaired) electrons. The Kier molecular flexibility index (Phi) is 3.61. The first kappa shape index (κ1) is 11.9. The number of furan rings is 1. The zero-order chi connectivity index (χ0) is 12.3. The van der Waals surface area contributed by atoms with Gasteiger partial charge >= 0.3 is 5.97 Å². The third kappa shape index (κ3) is 2.75. The molecule has 0 bridgehead atoms. The maximum absolute atomic E-state index is 10.9. The van der Waals surface area contributed by atoms with Crippen LogP contribution in [0.1, 0.15) is 34.0 Å². The summed E-state index contributed by atoms with van der Waals surface area (Å²) in [5, 5.41) is 14.2. The van der Waals surface area contributed by atoms with E-state index in [-0.39, 0.29) is 11.6 Å². The van der Waals surface area contributed by atoms with Gasteiger partial charge in [0.2, 0.25) is 0 Å². The van der Waals surface area contributed by atoms with Gasteiger partial charge in [0.15, 0.2) is 0 Å². The van der Waals surface area contributed by atoms with Crippen LogP contribution in [0.2, 0.25) is 0 Å². The SMILES string of the molecule is C[C@@H](NCc1occc1C(=O)O)c1cccs1. The number of hydrogen-bond acceptors (Lipinski definition) is 4. The normalized spacial score (nSPS) is 12.5. The molecule has 2 rings (SSSR count). The lowest BCUT2D eigenvalue weighted by molar-refractivity contribution is 0.0694. The number of carboxylic acid groups (broad SMARTS) is 1. The summed E-state index contributed by atoms with van der Waals surface area (Å²) in [6, 6.07) is 5.69. The number of carboxylic acids is 1. The van der Waals surface area contributed by atoms with E-state index in [2.05, 4.69) is 5.32 Å². The van der Waals surface area contributed by atoms with Gasteiger partial charge < -0.3 is 14.8 Å². The average molecular weight is 251 g/mol. The Hall–Kier alpha value is -1.59. The van der Waals surface area contributed by atoms with E-state index in [4.69, 9.17) is 9.52 Å². The van der Waals surface area contributed by atoms with Crippen molar-refractivity contribution in [2.45, 2.75) is 19.5 Å². The van der Waals surface area contributed by atoms with Crippen LogP contribution in [0, 0.1) is 0 Å². The molecule has 0 aliphatic heterocycles. The molecule has 0 amide bonds. The van der Waals surface area contributed by atoms with Gasteiger partial charge in [-0.3, -0.25) is 0 Å². The van der Waals surface area contributed by atoms with Gasteiger partial charge in [0, 0.05) is 10.9 Å². The van der Waals surface area contributed by atoms with Crippen molar-refractivity contribution in [3.05, 3.63) is 46.0 Å². The summed E-state index contributed by atoms with van der Waals surface area (Å²) >= 11 is 1.67. The van der Waals surface area contributed by atoms with Gasteiger partial charge in [-0.2, -0.15) is 0 Å². The van der Waals surface area contributed by atoms with E-state index in [1.54, 1.807) is 11.3 Å². The monoisotopic (exact) mass is 251 g/mol. The summed E-state index contributed by atoms with van der Waals surface area (Å²) < 4.78 is 5.15. The van der Waals surface area contributed by atoms with Gasteiger partial charge in [-0.25, -0.2) is 4.79 Å². The van der Waals surface area contributed by atoms with Crippen LogP contribution in [0.5, 0.6) is 0 Å². The Bertz CT molecular complexity index is 490. The van der Waals surface area contributed by atoms with Crippen molar-refractivity contribution in [2.24, 2.45) is 0 Å². The summed E-state index contributed by atoms with van der Waals surface area (Å²) in [4.78, 5) is 12.1. The third-order valence-electron chi connectivity index (χ3n) is 2.51. The Balaban J connectivity index is 1.98. The topological polar surface area (TPSA) is 62.5 Å². The highest BCUT2D eigenvalue weighted by atomic mass is 32.1. The minimum Gasteiger partial charge on any atom is -0.478 e. The van der Waals surface area contributed by atoms with Crippen molar-refractivity contribution in [1.82, 2.24) is 5.32 Å². The highest BCUT2D eigenvalue weighted by Crippen LogP contribution is 2.19. The van der Waals surface area contributed by atoms with Crippen LogP contribution in [0.4, 0.5) is 0 Å². The number of carbonyl (C=O) groups is 1.